The zero-order chi connectivity index (χ0) is 9.31. The third kappa shape index (κ3) is 2.44. The zero-order valence-electron chi connectivity index (χ0n) is 8.55. The van der Waals surface area contributed by atoms with Crippen molar-refractivity contribution in [1.82, 2.24) is 5.32 Å². The summed E-state index contributed by atoms with van der Waals surface area (Å²) >= 11 is 0. The van der Waals surface area contributed by atoms with Crippen molar-refractivity contribution in [1.29, 1.82) is 0 Å². The van der Waals surface area contributed by atoms with Crippen molar-refractivity contribution in [3.8, 4) is 0 Å². The number of rotatable bonds is 3. The van der Waals surface area contributed by atoms with E-state index in [1.165, 1.54) is 38.5 Å². The molecule has 0 aromatic rings. The summed E-state index contributed by atoms with van der Waals surface area (Å²) in [6.45, 7) is 2.61. The molecule has 13 heavy (non-hydrogen) atoms. The molecule has 2 heteroatoms. The lowest BCUT2D eigenvalue weighted by molar-refractivity contribution is 0.175. The minimum Gasteiger partial charge on any atom is -0.392 e. The molecule has 0 aliphatic heterocycles. The number of hydrogen-bond donors (Lipinski definition) is 2. The Bertz CT molecular complexity index is 162. The highest BCUT2D eigenvalue weighted by molar-refractivity contribution is 4.97. The fraction of sp³-hybridized carbons (Fsp3) is 1.00. The molecular formula is C11H21NO. The van der Waals surface area contributed by atoms with Crippen LogP contribution in [0.4, 0.5) is 0 Å². The van der Waals surface area contributed by atoms with E-state index in [1.54, 1.807) is 0 Å². The highest BCUT2D eigenvalue weighted by Gasteiger charge is 2.44. The number of aliphatic hydroxyl groups is 1. The Balaban J connectivity index is 1.66. The predicted molar refractivity (Wildman–Crippen MR) is 53.6 cm³/mol. The molecule has 2 aliphatic carbocycles. The van der Waals surface area contributed by atoms with E-state index in [0.717, 1.165) is 12.0 Å². The highest BCUT2D eigenvalue weighted by atomic mass is 16.3. The van der Waals surface area contributed by atoms with Gasteiger partial charge in [-0.1, -0.05) is 0 Å². The fourth-order valence-electron chi connectivity index (χ4n) is 2.45. The quantitative estimate of drug-likeness (QED) is 0.697. The summed E-state index contributed by atoms with van der Waals surface area (Å²) in [6, 6.07) is 0.681. The van der Waals surface area contributed by atoms with Crippen molar-refractivity contribution < 1.29 is 5.11 Å². The summed E-state index contributed by atoms with van der Waals surface area (Å²) in [5, 5.41) is 12.6. The maximum Gasteiger partial charge on any atom is 0.0636 e. The minimum absolute atomic E-state index is 0.197. The van der Waals surface area contributed by atoms with E-state index in [-0.39, 0.29) is 6.10 Å². The zero-order valence-corrected chi connectivity index (χ0v) is 8.55. The third-order valence-electron chi connectivity index (χ3n) is 3.71. The first kappa shape index (κ1) is 9.47. The first-order valence-corrected chi connectivity index (χ1v) is 5.62. The van der Waals surface area contributed by atoms with Gasteiger partial charge in [-0.3, -0.25) is 0 Å². The average Bonchev–Trinajstić information content (AvgIpc) is 2.85. The molecule has 2 nitrogen and oxygen atoms in total. The molecule has 2 saturated carbocycles. The lowest BCUT2D eigenvalue weighted by Gasteiger charge is -2.29. The van der Waals surface area contributed by atoms with Gasteiger partial charge in [-0.2, -0.15) is 0 Å². The van der Waals surface area contributed by atoms with Crippen LogP contribution in [0.25, 0.3) is 0 Å². The molecular weight excluding hydrogens is 162 g/mol. The van der Waals surface area contributed by atoms with Crippen LogP contribution in [-0.2, 0) is 0 Å². The molecule has 0 heterocycles. The van der Waals surface area contributed by atoms with Crippen LogP contribution in [0.3, 0.4) is 0 Å². The van der Waals surface area contributed by atoms with E-state index in [1.807, 2.05) is 6.92 Å². The van der Waals surface area contributed by atoms with Crippen molar-refractivity contribution in [3.05, 3.63) is 0 Å². The molecule has 2 rings (SSSR count). The van der Waals surface area contributed by atoms with Gasteiger partial charge < -0.3 is 10.4 Å². The lowest BCUT2D eigenvalue weighted by atomic mass is 9.83. The molecule has 0 aromatic heterocycles. The van der Waals surface area contributed by atoms with Crippen LogP contribution in [0.1, 0.15) is 45.4 Å². The Labute approximate surface area is 80.7 Å². The average molecular weight is 183 g/mol. The summed E-state index contributed by atoms with van der Waals surface area (Å²) in [4.78, 5) is 0. The van der Waals surface area contributed by atoms with Gasteiger partial charge in [-0.25, -0.2) is 0 Å². The molecule has 76 valence electrons. The predicted octanol–water partition coefficient (Wildman–Crippen LogP) is 1.68. The second-order valence-electron chi connectivity index (χ2n) is 5.03. The topological polar surface area (TPSA) is 32.3 Å². The second-order valence-corrected chi connectivity index (χ2v) is 5.03. The van der Waals surface area contributed by atoms with E-state index in [4.69, 9.17) is 5.11 Å². The van der Waals surface area contributed by atoms with Gasteiger partial charge in [0.05, 0.1) is 6.10 Å². The first-order valence-electron chi connectivity index (χ1n) is 5.62. The maximum absolute atomic E-state index is 9.14. The van der Waals surface area contributed by atoms with Gasteiger partial charge in [0, 0.05) is 12.6 Å². The van der Waals surface area contributed by atoms with Crippen LogP contribution in [0.15, 0.2) is 0 Å². The molecule has 2 aliphatic rings. The molecule has 0 unspecified atom stereocenters. The van der Waals surface area contributed by atoms with Gasteiger partial charge in [0.25, 0.3) is 0 Å². The van der Waals surface area contributed by atoms with Crippen LogP contribution in [-0.4, -0.2) is 23.8 Å². The van der Waals surface area contributed by atoms with E-state index in [9.17, 15) is 0 Å². The van der Waals surface area contributed by atoms with Gasteiger partial charge in [0.1, 0.15) is 0 Å². The molecule has 1 spiro atoms. The number of hydrogen-bond acceptors (Lipinski definition) is 2. The normalized spacial score (nSPS) is 29.1. The van der Waals surface area contributed by atoms with Crippen molar-refractivity contribution in [2.45, 2.75) is 57.6 Å². The largest absolute Gasteiger partial charge is 0.392 e. The van der Waals surface area contributed by atoms with E-state index in [0.29, 0.717) is 6.04 Å². The molecule has 0 aromatic carbocycles. The van der Waals surface area contributed by atoms with E-state index in [2.05, 4.69) is 5.32 Å². The minimum atomic E-state index is -0.197. The Morgan fingerprint density at radius 1 is 1.31 bits per heavy atom. The Hall–Kier alpha value is -0.0800. The van der Waals surface area contributed by atoms with Crippen molar-refractivity contribution >= 4 is 0 Å². The number of nitrogens with one attached hydrogen (secondary N) is 1. The molecule has 2 N–H and O–H groups in total. The standard InChI is InChI=1S/C11H21NO/c1-9(13)8-12-10-2-4-11(5-3-10)6-7-11/h9-10,12-13H,2-8H2,1H3/t9-/m0/s1. The summed E-state index contributed by atoms with van der Waals surface area (Å²) < 4.78 is 0. The second kappa shape index (κ2) is 3.58. The van der Waals surface area contributed by atoms with Crippen LogP contribution >= 0.6 is 0 Å². The number of aliphatic hydroxyl groups excluding tert-OH is 1. The SMILES string of the molecule is C[C@H](O)CNC1CCC2(CC1)CC2. The highest BCUT2D eigenvalue weighted by Crippen LogP contribution is 2.55. The summed E-state index contributed by atoms with van der Waals surface area (Å²) in [6.07, 6.45) is 8.26. The van der Waals surface area contributed by atoms with Crippen LogP contribution in [0.2, 0.25) is 0 Å². The van der Waals surface area contributed by atoms with E-state index >= 15 is 0 Å². The fourth-order valence-corrected chi connectivity index (χ4v) is 2.45. The molecule has 0 saturated heterocycles. The first-order chi connectivity index (χ1) is 6.20. The van der Waals surface area contributed by atoms with E-state index < -0.39 is 0 Å². The van der Waals surface area contributed by atoms with Crippen molar-refractivity contribution in [3.63, 3.8) is 0 Å². The van der Waals surface area contributed by atoms with Crippen LogP contribution < -0.4 is 5.32 Å². The maximum atomic E-state index is 9.14. The third-order valence-corrected chi connectivity index (χ3v) is 3.71. The Morgan fingerprint density at radius 2 is 1.92 bits per heavy atom. The van der Waals surface area contributed by atoms with Gasteiger partial charge >= 0.3 is 0 Å². The Kier molecular flexibility index (Phi) is 2.61. The van der Waals surface area contributed by atoms with Gasteiger partial charge in [-0.05, 0) is 50.9 Å². The Morgan fingerprint density at radius 3 is 2.38 bits per heavy atom. The van der Waals surface area contributed by atoms with Crippen molar-refractivity contribution in [2.24, 2.45) is 5.41 Å². The van der Waals surface area contributed by atoms with Crippen LogP contribution in [0.5, 0.6) is 0 Å². The molecule has 1 atom stereocenters. The van der Waals surface area contributed by atoms with Gasteiger partial charge in [-0.15, -0.1) is 0 Å². The lowest BCUT2D eigenvalue weighted by Crippen LogP contribution is -2.37. The molecule has 0 radical (unpaired) electrons. The van der Waals surface area contributed by atoms with Crippen LogP contribution in [0, 0.1) is 5.41 Å². The summed E-state index contributed by atoms with van der Waals surface area (Å²) in [7, 11) is 0. The summed E-state index contributed by atoms with van der Waals surface area (Å²) in [5.74, 6) is 0. The van der Waals surface area contributed by atoms with Gasteiger partial charge in [0.2, 0.25) is 0 Å². The van der Waals surface area contributed by atoms with Crippen molar-refractivity contribution in [2.75, 3.05) is 6.54 Å². The monoisotopic (exact) mass is 183 g/mol. The smallest absolute Gasteiger partial charge is 0.0636 e. The molecule has 0 amide bonds. The molecule has 2 fully saturated rings. The van der Waals surface area contributed by atoms with Gasteiger partial charge in [0.15, 0.2) is 0 Å². The summed E-state index contributed by atoms with van der Waals surface area (Å²) in [5.41, 5.74) is 0.795. The molecule has 0 bridgehead atoms.